The van der Waals surface area contributed by atoms with Crippen LogP contribution >= 0.6 is 11.6 Å². The molecule has 1 aliphatic rings. The molecule has 2 rings (SSSR count). The number of nitrogens with one attached hydrogen (secondary N) is 1. The largest absolute Gasteiger partial charge is 0.397 e. The van der Waals surface area contributed by atoms with Crippen molar-refractivity contribution in [3.05, 3.63) is 23.0 Å². The summed E-state index contributed by atoms with van der Waals surface area (Å²) in [7, 11) is 0. The lowest BCUT2D eigenvalue weighted by molar-refractivity contribution is 0.0697. The molecule has 0 radical (unpaired) electrons. The third-order valence-corrected chi connectivity index (χ3v) is 4.18. The molecular formula is C14H20ClN3O2. The molecule has 20 heavy (non-hydrogen) atoms. The minimum atomic E-state index is -0.567. The second kappa shape index (κ2) is 5.97. The molecule has 0 spiro atoms. The molecule has 0 saturated heterocycles. The van der Waals surface area contributed by atoms with Gasteiger partial charge in [-0.05, 0) is 24.8 Å². The van der Waals surface area contributed by atoms with Gasteiger partial charge in [0.2, 0.25) is 0 Å². The number of hydrogen-bond donors (Lipinski definition) is 3. The number of pyridine rings is 1. The number of aliphatic hydroxyl groups excluding tert-OH is 1. The molecular weight excluding hydrogens is 278 g/mol. The monoisotopic (exact) mass is 297 g/mol. The van der Waals surface area contributed by atoms with Crippen molar-refractivity contribution < 1.29 is 9.90 Å². The molecule has 0 aliphatic heterocycles. The first-order chi connectivity index (χ1) is 9.46. The molecule has 1 aromatic heterocycles. The third-order valence-electron chi connectivity index (χ3n) is 3.88. The highest BCUT2D eigenvalue weighted by Gasteiger charge is 2.36. The van der Waals surface area contributed by atoms with Gasteiger partial charge in [-0.2, -0.15) is 0 Å². The summed E-state index contributed by atoms with van der Waals surface area (Å²) in [6.45, 7) is 2.06. The molecule has 0 aromatic carbocycles. The van der Waals surface area contributed by atoms with Crippen LogP contribution in [0.1, 0.15) is 43.0 Å². The van der Waals surface area contributed by atoms with Gasteiger partial charge >= 0.3 is 0 Å². The number of carbonyl (C=O) groups excluding carboxylic acids is 1. The van der Waals surface area contributed by atoms with E-state index in [2.05, 4.69) is 17.2 Å². The average Bonchev–Trinajstić information content (AvgIpc) is 2.41. The predicted octanol–water partition coefficient (Wildman–Crippen LogP) is 1.99. The zero-order chi connectivity index (χ0) is 14.8. The fraction of sp³-hybridized carbons (Fsp3) is 0.571. The van der Waals surface area contributed by atoms with Gasteiger partial charge in [0.15, 0.2) is 0 Å². The first kappa shape index (κ1) is 15.1. The van der Waals surface area contributed by atoms with Crippen molar-refractivity contribution in [1.82, 2.24) is 10.3 Å². The van der Waals surface area contributed by atoms with Crippen LogP contribution in [0.15, 0.2) is 12.3 Å². The number of nitrogens with two attached hydrogens (primary N) is 1. The van der Waals surface area contributed by atoms with Crippen LogP contribution in [0.2, 0.25) is 5.15 Å². The summed E-state index contributed by atoms with van der Waals surface area (Å²) < 4.78 is 0. The molecule has 6 heteroatoms. The first-order valence-corrected chi connectivity index (χ1v) is 7.18. The maximum atomic E-state index is 12.4. The van der Waals surface area contributed by atoms with E-state index in [0.29, 0.717) is 11.6 Å². The van der Waals surface area contributed by atoms with Gasteiger partial charge in [-0.3, -0.25) is 4.79 Å². The fourth-order valence-corrected chi connectivity index (χ4v) is 3.08. The Bertz CT molecular complexity index is 509. The topological polar surface area (TPSA) is 88.2 Å². The van der Waals surface area contributed by atoms with E-state index in [9.17, 15) is 9.90 Å². The highest BCUT2D eigenvalue weighted by atomic mass is 35.5. The zero-order valence-electron chi connectivity index (χ0n) is 11.5. The lowest BCUT2D eigenvalue weighted by atomic mass is 9.76. The Morgan fingerprint density at radius 2 is 2.45 bits per heavy atom. The Labute approximate surface area is 123 Å². The summed E-state index contributed by atoms with van der Waals surface area (Å²) in [5.74, 6) is 0.142. The molecule has 1 fully saturated rings. The highest BCUT2D eigenvalue weighted by molar-refractivity contribution is 6.32. The standard InChI is InChI=1S/C14H20ClN3O2/c1-9-3-2-4-14(6-9,8-19)18-13(20)11-5-10(16)7-17-12(11)15/h5,7,9,19H,2-4,6,8,16H2,1H3,(H,18,20). The van der Waals surface area contributed by atoms with Crippen LogP contribution < -0.4 is 11.1 Å². The minimum Gasteiger partial charge on any atom is -0.397 e. The Morgan fingerprint density at radius 1 is 1.70 bits per heavy atom. The van der Waals surface area contributed by atoms with E-state index < -0.39 is 5.54 Å². The smallest absolute Gasteiger partial charge is 0.254 e. The summed E-state index contributed by atoms with van der Waals surface area (Å²) in [6, 6.07) is 1.50. The minimum absolute atomic E-state index is 0.0730. The SMILES string of the molecule is CC1CCCC(CO)(NC(=O)c2cc(N)cnc2Cl)C1. The van der Waals surface area contributed by atoms with Crippen molar-refractivity contribution in [2.75, 3.05) is 12.3 Å². The number of rotatable bonds is 3. The summed E-state index contributed by atoms with van der Waals surface area (Å²) >= 11 is 5.94. The summed E-state index contributed by atoms with van der Waals surface area (Å²) in [6.07, 6.45) is 5.06. The van der Waals surface area contributed by atoms with Crippen LogP contribution in [0.4, 0.5) is 5.69 Å². The Morgan fingerprint density at radius 3 is 3.10 bits per heavy atom. The second-order valence-electron chi connectivity index (χ2n) is 5.70. The van der Waals surface area contributed by atoms with Gasteiger partial charge in [0, 0.05) is 0 Å². The van der Waals surface area contributed by atoms with Gasteiger partial charge in [-0.25, -0.2) is 4.98 Å². The third kappa shape index (κ3) is 3.22. The quantitative estimate of drug-likeness (QED) is 0.745. The van der Waals surface area contributed by atoms with E-state index in [4.69, 9.17) is 17.3 Å². The molecule has 1 aliphatic carbocycles. The molecule has 4 N–H and O–H groups in total. The number of anilines is 1. The van der Waals surface area contributed by atoms with Gasteiger partial charge in [0.25, 0.3) is 5.91 Å². The molecule has 1 heterocycles. The zero-order valence-corrected chi connectivity index (χ0v) is 12.3. The van der Waals surface area contributed by atoms with E-state index in [1.807, 2.05) is 0 Å². The molecule has 5 nitrogen and oxygen atoms in total. The average molecular weight is 298 g/mol. The highest BCUT2D eigenvalue weighted by Crippen LogP contribution is 2.32. The summed E-state index contributed by atoms with van der Waals surface area (Å²) in [5.41, 5.74) is 5.70. The van der Waals surface area contributed by atoms with Crippen LogP contribution in [-0.2, 0) is 0 Å². The predicted molar refractivity (Wildman–Crippen MR) is 78.6 cm³/mol. The van der Waals surface area contributed by atoms with Crippen molar-refractivity contribution >= 4 is 23.2 Å². The Kier molecular flexibility index (Phi) is 4.50. The molecule has 1 amide bonds. The summed E-state index contributed by atoms with van der Waals surface area (Å²) in [4.78, 5) is 16.2. The molecule has 2 atom stereocenters. The lowest BCUT2D eigenvalue weighted by Crippen LogP contribution is -2.53. The molecule has 1 aromatic rings. The Balaban J connectivity index is 2.19. The summed E-state index contributed by atoms with van der Waals surface area (Å²) in [5, 5.41) is 12.7. The van der Waals surface area contributed by atoms with Crippen LogP contribution in [0.25, 0.3) is 0 Å². The van der Waals surface area contributed by atoms with Gasteiger partial charge in [0.05, 0.1) is 29.6 Å². The van der Waals surface area contributed by atoms with Crippen LogP contribution in [-0.4, -0.2) is 28.1 Å². The lowest BCUT2D eigenvalue weighted by Gasteiger charge is -2.39. The van der Waals surface area contributed by atoms with E-state index in [1.54, 1.807) is 0 Å². The number of nitrogens with zero attached hydrogens (tertiary/aromatic N) is 1. The number of hydrogen-bond acceptors (Lipinski definition) is 4. The van der Waals surface area contributed by atoms with Crippen molar-refractivity contribution in [3.63, 3.8) is 0 Å². The van der Waals surface area contributed by atoms with Crippen LogP contribution in [0.5, 0.6) is 0 Å². The van der Waals surface area contributed by atoms with E-state index in [-0.39, 0.29) is 23.2 Å². The van der Waals surface area contributed by atoms with Gasteiger partial charge < -0.3 is 16.2 Å². The van der Waals surface area contributed by atoms with Gasteiger partial charge in [-0.1, -0.05) is 31.4 Å². The van der Waals surface area contributed by atoms with Crippen molar-refractivity contribution in [2.24, 2.45) is 5.92 Å². The van der Waals surface area contributed by atoms with Crippen molar-refractivity contribution in [1.29, 1.82) is 0 Å². The first-order valence-electron chi connectivity index (χ1n) is 6.80. The van der Waals surface area contributed by atoms with Crippen LogP contribution in [0.3, 0.4) is 0 Å². The normalized spacial score (nSPS) is 26.2. The molecule has 0 bridgehead atoms. The van der Waals surface area contributed by atoms with Crippen LogP contribution in [0, 0.1) is 5.92 Å². The maximum Gasteiger partial charge on any atom is 0.254 e. The van der Waals surface area contributed by atoms with E-state index >= 15 is 0 Å². The number of carbonyl (C=O) groups is 1. The number of aromatic nitrogens is 1. The number of amides is 1. The number of aliphatic hydroxyl groups is 1. The molecule has 110 valence electrons. The molecule has 1 saturated carbocycles. The molecule has 2 unspecified atom stereocenters. The van der Waals surface area contributed by atoms with Gasteiger partial charge in [-0.15, -0.1) is 0 Å². The van der Waals surface area contributed by atoms with E-state index in [0.717, 1.165) is 25.7 Å². The fourth-order valence-electron chi connectivity index (χ4n) is 2.89. The maximum absolute atomic E-state index is 12.4. The number of nitrogen functional groups attached to an aromatic ring is 1. The van der Waals surface area contributed by atoms with Crippen molar-refractivity contribution in [2.45, 2.75) is 38.1 Å². The van der Waals surface area contributed by atoms with Gasteiger partial charge in [0.1, 0.15) is 5.15 Å². The second-order valence-corrected chi connectivity index (χ2v) is 6.06. The van der Waals surface area contributed by atoms with Crippen molar-refractivity contribution in [3.8, 4) is 0 Å². The Hall–Kier alpha value is -1.33. The van der Waals surface area contributed by atoms with E-state index in [1.165, 1.54) is 12.3 Å². The number of halogens is 1.